The van der Waals surface area contributed by atoms with Crippen LogP contribution in [0.5, 0.6) is 0 Å². The van der Waals surface area contributed by atoms with E-state index >= 15 is 0 Å². The Kier molecular flexibility index (Phi) is 9.10. The van der Waals surface area contributed by atoms with Gasteiger partial charge in [0.25, 0.3) is 0 Å². The number of hydrogen-bond donors (Lipinski definition) is 0. The molecule has 5 heteroatoms. The fraction of sp³-hybridized carbons (Fsp3) is 0. The number of furan rings is 1. The second-order valence-corrected chi connectivity index (χ2v) is 15.1. The highest BCUT2D eigenvalue weighted by Crippen LogP contribution is 2.37. The van der Waals surface area contributed by atoms with E-state index in [1.165, 1.54) is 11.1 Å². The van der Waals surface area contributed by atoms with Crippen LogP contribution in [0.15, 0.2) is 223 Å². The minimum absolute atomic E-state index is 0.552. The lowest BCUT2D eigenvalue weighted by Gasteiger charge is -2.12. The Labute approximate surface area is 353 Å². The van der Waals surface area contributed by atoms with E-state index in [2.05, 4.69) is 146 Å². The van der Waals surface area contributed by atoms with E-state index in [9.17, 15) is 0 Å². The zero-order valence-corrected chi connectivity index (χ0v) is 33.0. The molecule has 61 heavy (non-hydrogen) atoms. The minimum Gasteiger partial charge on any atom is -0.455 e. The molecule has 0 amide bonds. The van der Waals surface area contributed by atoms with Gasteiger partial charge in [0.1, 0.15) is 11.2 Å². The summed E-state index contributed by atoms with van der Waals surface area (Å²) in [7, 11) is 0. The molecule has 0 bridgehead atoms. The van der Waals surface area contributed by atoms with Crippen molar-refractivity contribution in [1.82, 2.24) is 19.9 Å². The first kappa shape index (κ1) is 35.8. The average Bonchev–Trinajstić information content (AvgIpc) is 3.74. The molecule has 0 fully saturated rings. The van der Waals surface area contributed by atoms with Crippen molar-refractivity contribution in [3.05, 3.63) is 218 Å². The zero-order valence-electron chi connectivity index (χ0n) is 33.0. The maximum Gasteiger partial charge on any atom is 0.167 e. The van der Waals surface area contributed by atoms with Crippen LogP contribution < -0.4 is 0 Å². The SMILES string of the molecule is c1ccc(-c2ccc(-c3cc(-c4ccccc4)cc(-c4cccc(-c5cccc(-c6nc(-c7ccccc7)nc(-c7cccc8c7oc7ccccc78)n6)c5)c4)n3)cc2)cc1. The van der Waals surface area contributed by atoms with Gasteiger partial charge in [-0.3, -0.25) is 0 Å². The molecule has 0 unspecified atom stereocenters. The van der Waals surface area contributed by atoms with E-state index in [-0.39, 0.29) is 0 Å². The first-order valence-electron chi connectivity index (χ1n) is 20.4. The predicted octanol–water partition coefficient (Wildman–Crippen LogP) is 14.5. The van der Waals surface area contributed by atoms with Gasteiger partial charge in [-0.05, 0) is 69.8 Å². The van der Waals surface area contributed by atoms with Crippen LogP contribution >= 0.6 is 0 Å². The van der Waals surface area contributed by atoms with Crippen molar-refractivity contribution in [1.29, 1.82) is 0 Å². The molecule has 0 radical (unpaired) electrons. The van der Waals surface area contributed by atoms with Gasteiger partial charge in [0.05, 0.1) is 17.0 Å². The zero-order chi connectivity index (χ0) is 40.5. The Hall–Kier alpha value is -8.28. The molecule has 11 rings (SSSR count). The Morgan fingerprint density at radius 1 is 0.262 bits per heavy atom. The largest absolute Gasteiger partial charge is 0.455 e. The fourth-order valence-electron chi connectivity index (χ4n) is 8.05. The number of rotatable bonds is 8. The van der Waals surface area contributed by atoms with Crippen molar-refractivity contribution >= 4 is 21.9 Å². The Morgan fingerprint density at radius 3 is 1.43 bits per heavy atom. The number of para-hydroxylation sites is 2. The van der Waals surface area contributed by atoms with Gasteiger partial charge in [-0.25, -0.2) is 19.9 Å². The van der Waals surface area contributed by atoms with Gasteiger partial charge in [0.15, 0.2) is 17.5 Å². The van der Waals surface area contributed by atoms with Gasteiger partial charge in [0.2, 0.25) is 0 Å². The summed E-state index contributed by atoms with van der Waals surface area (Å²) in [6.07, 6.45) is 0. The highest BCUT2D eigenvalue weighted by Gasteiger charge is 2.18. The molecule has 0 atom stereocenters. The van der Waals surface area contributed by atoms with Crippen LogP contribution in [0.1, 0.15) is 0 Å². The van der Waals surface area contributed by atoms with Crippen LogP contribution in [0.3, 0.4) is 0 Å². The Balaban J connectivity index is 0.992. The number of nitrogens with zero attached hydrogens (tertiary/aromatic N) is 4. The van der Waals surface area contributed by atoms with E-state index in [1.807, 2.05) is 72.8 Å². The van der Waals surface area contributed by atoms with Crippen LogP contribution in [-0.2, 0) is 0 Å². The van der Waals surface area contributed by atoms with Gasteiger partial charge in [-0.2, -0.15) is 0 Å². The van der Waals surface area contributed by atoms with E-state index in [0.717, 1.165) is 83.4 Å². The molecule has 0 N–H and O–H groups in total. The third-order valence-electron chi connectivity index (χ3n) is 11.1. The van der Waals surface area contributed by atoms with Crippen LogP contribution in [0, 0.1) is 0 Å². The lowest BCUT2D eigenvalue weighted by Crippen LogP contribution is -2.00. The number of aromatic nitrogens is 4. The van der Waals surface area contributed by atoms with Crippen molar-refractivity contribution in [3.63, 3.8) is 0 Å². The fourth-order valence-corrected chi connectivity index (χ4v) is 8.05. The molecule has 0 aliphatic carbocycles. The normalized spacial score (nSPS) is 11.3. The van der Waals surface area contributed by atoms with Crippen molar-refractivity contribution in [3.8, 4) is 90.1 Å². The van der Waals surface area contributed by atoms with Gasteiger partial charge in [-0.15, -0.1) is 0 Å². The predicted molar refractivity (Wildman–Crippen MR) is 248 cm³/mol. The molecule has 0 aliphatic rings. The number of pyridine rings is 1. The Morgan fingerprint density at radius 2 is 0.721 bits per heavy atom. The molecule has 286 valence electrons. The third kappa shape index (κ3) is 7.04. The molecule has 5 nitrogen and oxygen atoms in total. The second-order valence-electron chi connectivity index (χ2n) is 15.1. The summed E-state index contributed by atoms with van der Waals surface area (Å²) in [5, 5.41) is 2.08. The summed E-state index contributed by atoms with van der Waals surface area (Å²) in [4.78, 5) is 20.5. The van der Waals surface area contributed by atoms with E-state index in [4.69, 9.17) is 24.4 Å². The minimum atomic E-state index is 0.552. The van der Waals surface area contributed by atoms with E-state index in [1.54, 1.807) is 0 Å². The lowest BCUT2D eigenvalue weighted by molar-refractivity contribution is 0.669. The van der Waals surface area contributed by atoms with Crippen molar-refractivity contribution in [2.75, 3.05) is 0 Å². The van der Waals surface area contributed by atoms with Gasteiger partial charge in [0, 0.05) is 33.0 Å². The molecule has 3 heterocycles. The molecular formula is C56H36N4O. The molecule has 0 saturated heterocycles. The second kappa shape index (κ2) is 15.5. The number of hydrogen-bond acceptors (Lipinski definition) is 5. The maximum atomic E-state index is 6.43. The van der Waals surface area contributed by atoms with Crippen LogP contribution in [-0.4, -0.2) is 19.9 Å². The monoisotopic (exact) mass is 780 g/mol. The molecule has 8 aromatic carbocycles. The molecule has 0 aliphatic heterocycles. The summed E-state index contributed by atoms with van der Waals surface area (Å²) < 4.78 is 6.43. The van der Waals surface area contributed by atoms with Crippen LogP contribution in [0.25, 0.3) is 112 Å². The van der Waals surface area contributed by atoms with Crippen LogP contribution in [0.2, 0.25) is 0 Å². The summed E-state index contributed by atoms with van der Waals surface area (Å²) in [6, 6.07) is 75.3. The molecular weight excluding hydrogens is 745 g/mol. The Bertz CT molecular complexity index is 3340. The smallest absolute Gasteiger partial charge is 0.167 e. The van der Waals surface area contributed by atoms with Gasteiger partial charge in [-0.1, -0.05) is 182 Å². The highest BCUT2D eigenvalue weighted by molar-refractivity contribution is 6.09. The molecule has 3 aromatic heterocycles. The summed E-state index contributed by atoms with van der Waals surface area (Å²) >= 11 is 0. The van der Waals surface area contributed by atoms with Crippen molar-refractivity contribution < 1.29 is 4.42 Å². The lowest BCUT2D eigenvalue weighted by atomic mass is 9.96. The standard InChI is InChI=1S/C56H36N4O/c1-4-15-37(16-5-1)39-29-31-40(32-30-39)50-35-46(38-17-6-2-7-18-38)36-51(57-50)44-23-12-21-42(33-44)43-22-13-24-45(34-43)55-58-54(41-19-8-3-9-20-41)59-56(60-55)49-27-14-26-48-47-25-10-11-28-52(47)61-53(48)49/h1-36H. The summed E-state index contributed by atoms with van der Waals surface area (Å²) in [6.45, 7) is 0. The van der Waals surface area contributed by atoms with Crippen molar-refractivity contribution in [2.45, 2.75) is 0 Å². The first-order valence-corrected chi connectivity index (χ1v) is 20.4. The van der Waals surface area contributed by atoms with Gasteiger partial charge < -0.3 is 4.42 Å². The summed E-state index contributed by atoms with van der Waals surface area (Å²) in [5.41, 5.74) is 14.8. The summed E-state index contributed by atoms with van der Waals surface area (Å²) in [5.74, 6) is 1.72. The quantitative estimate of drug-likeness (QED) is 0.154. The number of benzene rings is 8. The van der Waals surface area contributed by atoms with Gasteiger partial charge >= 0.3 is 0 Å². The number of fused-ring (bicyclic) bond motifs is 3. The topological polar surface area (TPSA) is 64.7 Å². The van der Waals surface area contributed by atoms with Crippen LogP contribution in [0.4, 0.5) is 0 Å². The molecule has 11 aromatic rings. The van der Waals surface area contributed by atoms with Crippen molar-refractivity contribution in [2.24, 2.45) is 0 Å². The van der Waals surface area contributed by atoms with E-state index < -0.39 is 0 Å². The highest BCUT2D eigenvalue weighted by atomic mass is 16.3. The molecule has 0 saturated carbocycles. The maximum absolute atomic E-state index is 6.43. The first-order chi connectivity index (χ1) is 30.2. The third-order valence-corrected chi connectivity index (χ3v) is 11.1. The average molecular weight is 781 g/mol. The van der Waals surface area contributed by atoms with E-state index in [0.29, 0.717) is 17.5 Å². The molecule has 0 spiro atoms.